The van der Waals surface area contributed by atoms with Gasteiger partial charge in [0.1, 0.15) is 0 Å². The SMILES string of the molecule is C=COB(O)c1ccccc1.CC(O)CO. The molecule has 0 amide bonds. The van der Waals surface area contributed by atoms with E-state index < -0.39 is 13.2 Å². The van der Waals surface area contributed by atoms with Gasteiger partial charge in [0.15, 0.2) is 0 Å². The van der Waals surface area contributed by atoms with Crippen molar-refractivity contribution in [1.82, 2.24) is 0 Å². The standard InChI is InChI=1S/C8H9BO2.C3H8O2/c1-2-11-9(10)8-6-4-3-5-7-8;1-3(5)2-4/h2-7,10H,1H2;3-5H,2H2,1H3. The van der Waals surface area contributed by atoms with Crippen LogP contribution in [0.4, 0.5) is 0 Å². The van der Waals surface area contributed by atoms with Crippen molar-refractivity contribution >= 4 is 12.6 Å². The molecule has 16 heavy (non-hydrogen) atoms. The van der Waals surface area contributed by atoms with Crippen molar-refractivity contribution in [3.63, 3.8) is 0 Å². The maximum Gasteiger partial charge on any atom is 0.559 e. The Morgan fingerprint density at radius 1 is 1.44 bits per heavy atom. The molecule has 0 radical (unpaired) electrons. The first-order chi connectivity index (χ1) is 7.61. The summed E-state index contributed by atoms with van der Waals surface area (Å²) in [7, 11) is -0.895. The summed E-state index contributed by atoms with van der Waals surface area (Å²) in [4.78, 5) is 0. The molecule has 3 N–H and O–H groups in total. The summed E-state index contributed by atoms with van der Waals surface area (Å²) in [6.45, 7) is 4.73. The van der Waals surface area contributed by atoms with Gasteiger partial charge in [0.25, 0.3) is 0 Å². The fraction of sp³-hybridized carbons (Fsp3) is 0.273. The normalized spacial score (nSPS) is 10.8. The molecule has 5 heteroatoms. The third-order valence-electron chi connectivity index (χ3n) is 1.57. The maximum atomic E-state index is 9.23. The van der Waals surface area contributed by atoms with Crippen LogP contribution < -0.4 is 5.46 Å². The second-order valence-corrected chi connectivity index (χ2v) is 3.10. The van der Waals surface area contributed by atoms with Crippen LogP contribution in [-0.4, -0.2) is 35.1 Å². The molecule has 4 nitrogen and oxygen atoms in total. The van der Waals surface area contributed by atoms with Gasteiger partial charge in [-0.15, -0.1) is 0 Å². The molecule has 0 aromatic heterocycles. The third-order valence-corrected chi connectivity index (χ3v) is 1.57. The van der Waals surface area contributed by atoms with E-state index in [2.05, 4.69) is 6.58 Å². The van der Waals surface area contributed by atoms with Crippen LogP contribution in [0.3, 0.4) is 0 Å². The molecule has 0 saturated carbocycles. The summed E-state index contributed by atoms with van der Waals surface area (Å²) in [6, 6.07) is 9.13. The van der Waals surface area contributed by atoms with E-state index >= 15 is 0 Å². The van der Waals surface area contributed by atoms with E-state index in [0.29, 0.717) is 0 Å². The molecule has 0 bridgehead atoms. The van der Waals surface area contributed by atoms with Gasteiger partial charge in [0.2, 0.25) is 0 Å². The van der Waals surface area contributed by atoms with Crippen LogP contribution in [0, 0.1) is 0 Å². The number of benzene rings is 1. The summed E-state index contributed by atoms with van der Waals surface area (Å²) in [5.41, 5.74) is 0.729. The quantitative estimate of drug-likeness (QED) is 0.493. The lowest BCUT2D eigenvalue weighted by Gasteiger charge is -2.03. The van der Waals surface area contributed by atoms with Gasteiger partial charge in [-0.3, -0.25) is 0 Å². The van der Waals surface area contributed by atoms with Crippen LogP contribution in [0.2, 0.25) is 0 Å². The minimum atomic E-state index is -0.895. The molecule has 1 unspecified atom stereocenters. The molecule has 0 spiro atoms. The van der Waals surface area contributed by atoms with E-state index in [0.717, 1.165) is 5.46 Å². The van der Waals surface area contributed by atoms with Crippen LogP contribution in [0.25, 0.3) is 0 Å². The average Bonchev–Trinajstić information content (AvgIpc) is 2.31. The van der Waals surface area contributed by atoms with Gasteiger partial charge >= 0.3 is 7.12 Å². The fourth-order valence-electron chi connectivity index (χ4n) is 0.787. The highest BCUT2D eigenvalue weighted by Gasteiger charge is 2.14. The summed E-state index contributed by atoms with van der Waals surface area (Å²) in [5.74, 6) is 0. The van der Waals surface area contributed by atoms with Gasteiger partial charge < -0.3 is 19.9 Å². The predicted molar refractivity (Wildman–Crippen MR) is 64.1 cm³/mol. The highest BCUT2D eigenvalue weighted by atomic mass is 16.5. The minimum absolute atomic E-state index is 0.139. The van der Waals surface area contributed by atoms with E-state index in [1.807, 2.05) is 18.2 Å². The number of hydrogen-bond acceptors (Lipinski definition) is 4. The van der Waals surface area contributed by atoms with Crippen molar-refractivity contribution in [3.05, 3.63) is 43.2 Å². The monoisotopic (exact) mass is 224 g/mol. The van der Waals surface area contributed by atoms with Crippen molar-refractivity contribution in [2.24, 2.45) is 0 Å². The highest BCUT2D eigenvalue weighted by molar-refractivity contribution is 6.60. The minimum Gasteiger partial charge on any atom is -0.539 e. The van der Waals surface area contributed by atoms with E-state index in [1.54, 1.807) is 12.1 Å². The lowest BCUT2D eigenvalue weighted by atomic mass is 9.80. The Morgan fingerprint density at radius 2 is 1.94 bits per heavy atom. The third kappa shape index (κ3) is 7.06. The van der Waals surface area contributed by atoms with Gasteiger partial charge in [-0.2, -0.15) is 0 Å². The lowest BCUT2D eigenvalue weighted by molar-refractivity contribution is 0.110. The molecule has 0 aliphatic heterocycles. The van der Waals surface area contributed by atoms with Crippen molar-refractivity contribution in [3.8, 4) is 0 Å². The molecule has 0 saturated heterocycles. The highest BCUT2D eigenvalue weighted by Crippen LogP contribution is 1.87. The second kappa shape index (κ2) is 8.97. The van der Waals surface area contributed by atoms with Gasteiger partial charge in [-0.05, 0) is 12.4 Å². The number of aliphatic hydroxyl groups excluding tert-OH is 2. The summed E-state index contributed by atoms with van der Waals surface area (Å²) in [6.07, 6.45) is 0.660. The molecular weight excluding hydrogens is 207 g/mol. The molecule has 1 aromatic carbocycles. The first-order valence-corrected chi connectivity index (χ1v) is 4.90. The van der Waals surface area contributed by atoms with Crippen molar-refractivity contribution < 1.29 is 19.9 Å². The molecule has 0 aliphatic carbocycles. The largest absolute Gasteiger partial charge is 0.559 e. The van der Waals surface area contributed by atoms with Gasteiger partial charge in [0.05, 0.1) is 19.0 Å². The first kappa shape index (κ1) is 14.7. The molecule has 88 valence electrons. The zero-order valence-corrected chi connectivity index (χ0v) is 9.28. The van der Waals surface area contributed by atoms with E-state index in [1.165, 1.54) is 13.2 Å². The van der Waals surface area contributed by atoms with Gasteiger partial charge in [0, 0.05) is 0 Å². The van der Waals surface area contributed by atoms with E-state index in [9.17, 15) is 5.02 Å². The van der Waals surface area contributed by atoms with Crippen LogP contribution in [-0.2, 0) is 4.65 Å². The zero-order valence-electron chi connectivity index (χ0n) is 9.28. The van der Waals surface area contributed by atoms with Crippen molar-refractivity contribution in [1.29, 1.82) is 0 Å². The Morgan fingerprint density at radius 3 is 2.31 bits per heavy atom. The topological polar surface area (TPSA) is 69.9 Å². The van der Waals surface area contributed by atoms with Gasteiger partial charge in [-0.1, -0.05) is 36.9 Å². The number of hydrogen-bond donors (Lipinski definition) is 3. The average molecular weight is 224 g/mol. The Balaban J connectivity index is 0.000000385. The van der Waals surface area contributed by atoms with Crippen LogP contribution >= 0.6 is 0 Å². The van der Waals surface area contributed by atoms with E-state index in [4.69, 9.17) is 14.9 Å². The molecule has 0 heterocycles. The Hall–Kier alpha value is -1.30. The van der Waals surface area contributed by atoms with Crippen molar-refractivity contribution in [2.45, 2.75) is 13.0 Å². The maximum absolute atomic E-state index is 9.23. The Labute approximate surface area is 96.0 Å². The molecule has 0 fully saturated rings. The molecule has 1 aromatic rings. The van der Waals surface area contributed by atoms with Crippen LogP contribution in [0.15, 0.2) is 43.2 Å². The zero-order chi connectivity index (χ0) is 12.4. The molecular formula is C11H17BO4. The van der Waals surface area contributed by atoms with Gasteiger partial charge in [-0.25, -0.2) is 0 Å². The fourth-order valence-corrected chi connectivity index (χ4v) is 0.787. The smallest absolute Gasteiger partial charge is 0.539 e. The first-order valence-electron chi connectivity index (χ1n) is 4.90. The van der Waals surface area contributed by atoms with Crippen molar-refractivity contribution in [2.75, 3.05) is 6.61 Å². The second-order valence-electron chi connectivity index (χ2n) is 3.10. The molecule has 1 rings (SSSR count). The lowest BCUT2D eigenvalue weighted by Crippen LogP contribution is -2.31. The summed E-state index contributed by atoms with van der Waals surface area (Å²) < 4.78 is 4.75. The predicted octanol–water partition coefficient (Wildman–Crippen LogP) is -0.106. The number of aliphatic hydroxyl groups is 2. The molecule has 1 atom stereocenters. The Bertz CT molecular complexity index is 277. The van der Waals surface area contributed by atoms with Crippen LogP contribution in [0.5, 0.6) is 0 Å². The summed E-state index contributed by atoms with van der Waals surface area (Å²) in [5, 5.41) is 25.2. The van der Waals surface area contributed by atoms with Crippen LogP contribution in [0.1, 0.15) is 6.92 Å². The Kier molecular flexibility index (Phi) is 8.24. The number of rotatable bonds is 4. The molecule has 0 aliphatic rings. The van der Waals surface area contributed by atoms with E-state index in [-0.39, 0.29) is 6.61 Å². The summed E-state index contributed by atoms with van der Waals surface area (Å²) >= 11 is 0.